The lowest BCUT2D eigenvalue weighted by Crippen LogP contribution is -2.39. The summed E-state index contributed by atoms with van der Waals surface area (Å²) in [6, 6.07) is 6.74. The van der Waals surface area contributed by atoms with Gasteiger partial charge in [0.1, 0.15) is 17.8 Å². The van der Waals surface area contributed by atoms with Crippen molar-refractivity contribution in [1.82, 2.24) is 9.97 Å². The summed E-state index contributed by atoms with van der Waals surface area (Å²) < 4.78 is 0. The number of rotatable bonds is 6. The van der Waals surface area contributed by atoms with Gasteiger partial charge >= 0.3 is 0 Å². The highest BCUT2D eigenvalue weighted by atomic mass is 16.6. The van der Waals surface area contributed by atoms with Crippen LogP contribution in [-0.4, -0.2) is 39.8 Å². The Morgan fingerprint density at radius 2 is 2.04 bits per heavy atom. The molecular weight excluding hydrogens is 346 g/mol. The molecule has 1 aromatic carbocycles. The number of carbonyl (C=O) groups is 1. The van der Waals surface area contributed by atoms with Crippen molar-refractivity contribution in [3.63, 3.8) is 0 Å². The number of ketones is 1. The number of nitro benzene ring substituents is 1. The molecule has 2 heterocycles. The second-order valence-electron chi connectivity index (χ2n) is 6.67. The fourth-order valence-electron chi connectivity index (χ4n) is 3.25. The molecule has 3 rings (SSSR count). The van der Waals surface area contributed by atoms with Gasteiger partial charge in [0.25, 0.3) is 5.69 Å². The molecule has 8 nitrogen and oxygen atoms in total. The zero-order valence-electron chi connectivity index (χ0n) is 15.5. The molecule has 0 saturated carbocycles. The monoisotopic (exact) mass is 369 g/mol. The zero-order valence-corrected chi connectivity index (χ0v) is 15.5. The normalized spacial score (nSPS) is 14.8. The second-order valence-corrected chi connectivity index (χ2v) is 6.67. The van der Waals surface area contributed by atoms with Crippen LogP contribution in [0.25, 0.3) is 0 Å². The van der Waals surface area contributed by atoms with Crippen LogP contribution in [0, 0.1) is 10.1 Å². The fraction of sp³-hybridized carbons (Fsp3) is 0.421. The van der Waals surface area contributed by atoms with Gasteiger partial charge in [-0.25, -0.2) is 9.97 Å². The lowest BCUT2D eigenvalue weighted by atomic mass is 10.0. The van der Waals surface area contributed by atoms with Gasteiger partial charge in [-0.3, -0.25) is 14.9 Å². The first-order chi connectivity index (χ1) is 13.0. The average molecular weight is 369 g/mol. The molecule has 1 aliphatic heterocycles. The Bertz CT molecular complexity index is 847. The molecule has 1 saturated heterocycles. The molecule has 142 valence electrons. The molecule has 1 N–H and O–H groups in total. The molecule has 0 amide bonds. The summed E-state index contributed by atoms with van der Waals surface area (Å²) in [5.41, 5.74) is 1.76. The zero-order chi connectivity index (χ0) is 19.4. The molecule has 27 heavy (non-hydrogen) atoms. The van der Waals surface area contributed by atoms with Gasteiger partial charge in [-0.1, -0.05) is 6.92 Å². The molecule has 0 aliphatic carbocycles. The summed E-state index contributed by atoms with van der Waals surface area (Å²) in [7, 11) is 0. The van der Waals surface area contributed by atoms with Crippen molar-refractivity contribution in [1.29, 1.82) is 0 Å². The van der Waals surface area contributed by atoms with E-state index in [1.54, 1.807) is 18.5 Å². The van der Waals surface area contributed by atoms with E-state index in [2.05, 4.69) is 27.1 Å². The van der Waals surface area contributed by atoms with Gasteiger partial charge in [-0.2, -0.15) is 0 Å². The van der Waals surface area contributed by atoms with Crippen molar-refractivity contribution in [2.24, 2.45) is 0 Å². The predicted molar refractivity (Wildman–Crippen MR) is 103 cm³/mol. The van der Waals surface area contributed by atoms with Gasteiger partial charge in [0, 0.05) is 42.5 Å². The summed E-state index contributed by atoms with van der Waals surface area (Å²) in [4.78, 5) is 33.2. The molecule has 1 fully saturated rings. The molecular formula is C19H23N5O3. The maximum absolute atomic E-state index is 11.5. The van der Waals surface area contributed by atoms with Gasteiger partial charge in [-0.15, -0.1) is 0 Å². The molecule has 8 heteroatoms. The van der Waals surface area contributed by atoms with Gasteiger partial charge in [0.05, 0.1) is 4.92 Å². The van der Waals surface area contributed by atoms with E-state index >= 15 is 0 Å². The van der Waals surface area contributed by atoms with E-state index in [0.29, 0.717) is 11.3 Å². The number of aromatic nitrogens is 2. The third-order valence-electron chi connectivity index (χ3n) is 4.85. The molecule has 0 spiro atoms. The van der Waals surface area contributed by atoms with Gasteiger partial charge in [0.15, 0.2) is 5.78 Å². The Labute approximate surface area is 157 Å². The number of piperidine rings is 1. The van der Waals surface area contributed by atoms with E-state index in [9.17, 15) is 14.9 Å². The number of hydrogen-bond acceptors (Lipinski definition) is 7. The molecule has 2 aromatic rings. The quantitative estimate of drug-likeness (QED) is 0.474. The van der Waals surface area contributed by atoms with E-state index in [0.717, 1.165) is 43.9 Å². The van der Waals surface area contributed by atoms with Crippen LogP contribution in [0.4, 0.5) is 17.2 Å². The van der Waals surface area contributed by atoms with Crippen molar-refractivity contribution < 1.29 is 9.72 Å². The highest BCUT2D eigenvalue weighted by Crippen LogP contribution is 2.28. The Hall–Kier alpha value is -3.03. The van der Waals surface area contributed by atoms with E-state index in [-0.39, 0.29) is 17.5 Å². The number of hydrogen-bond donors (Lipinski definition) is 1. The number of nitrogens with zero attached hydrogens (tertiary/aromatic N) is 4. The van der Waals surface area contributed by atoms with Gasteiger partial charge < -0.3 is 10.2 Å². The first kappa shape index (κ1) is 18.8. The van der Waals surface area contributed by atoms with E-state index < -0.39 is 4.92 Å². The minimum atomic E-state index is -0.447. The predicted octanol–water partition coefficient (Wildman–Crippen LogP) is 3.23. The SMILES string of the molecule is CCc1cc(N2CCC(Nc3ccc(C(C)=O)cc3[N+](=O)[O-])CC2)ncn1. The van der Waals surface area contributed by atoms with Gasteiger partial charge in [0.2, 0.25) is 0 Å². The standard InChI is InChI=1S/C19H23N5O3/c1-3-15-11-19(21-12-20-15)23-8-6-16(7-9-23)22-17-5-4-14(13(2)25)10-18(17)24(26)27/h4-5,10-12,16,22H,3,6-9H2,1-2H3. The highest BCUT2D eigenvalue weighted by molar-refractivity contribution is 5.95. The van der Waals surface area contributed by atoms with Gasteiger partial charge in [-0.05, 0) is 38.3 Å². The number of Topliss-reactive ketones (excluding diaryl/α,β-unsaturated/α-hetero) is 1. The van der Waals surface area contributed by atoms with E-state index in [1.807, 2.05) is 6.07 Å². The van der Waals surface area contributed by atoms with Crippen molar-refractivity contribution >= 4 is 23.0 Å². The average Bonchev–Trinajstić information content (AvgIpc) is 2.68. The number of aryl methyl sites for hydroxylation is 1. The van der Waals surface area contributed by atoms with Crippen molar-refractivity contribution in [2.45, 2.75) is 39.2 Å². The number of nitrogens with one attached hydrogen (secondary N) is 1. The van der Waals surface area contributed by atoms with Crippen LogP contribution in [0.15, 0.2) is 30.6 Å². The summed E-state index contributed by atoms with van der Waals surface area (Å²) in [5, 5.41) is 14.6. The van der Waals surface area contributed by atoms with Crippen LogP contribution >= 0.6 is 0 Å². The molecule has 0 bridgehead atoms. The van der Waals surface area contributed by atoms with Crippen LogP contribution in [0.5, 0.6) is 0 Å². The largest absolute Gasteiger partial charge is 0.377 e. The topological polar surface area (TPSA) is 101 Å². The smallest absolute Gasteiger partial charge is 0.293 e. The van der Waals surface area contributed by atoms with Crippen molar-refractivity contribution in [3.8, 4) is 0 Å². The third kappa shape index (κ3) is 4.39. The Morgan fingerprint density at radius 3 is 2.67 bits per heavy atom. The van der Waals surface area contributed by atoms with Crippen LogP contribution < -0.4 is 10.2 Å². The highest BCUT2D eigenvalue weighted by Gasteiger charge is 2.23. The van der Waals surface area contributed by atoms with Crippen LogP contribution in [0.3, 0.4) is 0 Å². The maximum Gasteiger partial charge on any atom is 0.293 e. The Balaban J connectivity index is 1.67. The van der Waals surface area contributed by atoms with Crippen LogP contribution in [0.2, 0.25) is 0 Å². The number of anilines is 2. The maximum atomic E-state index is 11.5. The van der Waals surface area contributed by atoms with Crippen molar-refractivity contribution in [2.75, 3.05) is 23.3 Å². The molecule has 1 aromatic heterocycles. The van der Waals surface area contributed by atoms with E-state index in [4.69, 9.17) is 0 Å². The second kappa shape index (κ2) is 8.11. The number of carbonyl (C=O) groups excluding carboxylic acids is 1. The summed E-state index contributed by atoms with van der Waals surface area (Å²) in [6.45, 7) is 5.10. The summed E-state index contributed by atoms with van der Waals surface area (Å²) in [6.07, 6.45) is 4.15. The third-order valence-corrected chi connectivity index (χ3v) is 4.85. The Morgan fingerprint density at radius 1 is 1.30 bits per heavy atom. The Kier molecular flexibility index (Phi) is 5.63. The van der Waals surface area contributed by atoms with Crippen LogP contribution in [0.1, 0.15) is 42.7 Å². The van der Waals surface area contributed by atoms with Crippen LogP contribution in [-0.2, 0) is 6.42 Å². The molecule has 0 radical (unpaired) electrons. The number of benzene rings is 1. The minimum Gasteiger partial charge on any atom is -0.377 e. The summed E-state index contributed by atoms with van der Waals surface area (Å²) in [5.74, 6) is 0.742. The van der Waals surface area contributed by atoms with E-state index in [1.165, 1.54) is 13.0 Å². The lowest BCUT2D eigenvalue weighted by Gasteiger charge is -2.33. The summed E-state index contributed by atoms with van der Waals surface area (Å²) >= 11 is 0. The van der Waals surface area contributed by atoms with Crippen molar-refractivity contribution in [3.05, 3.63) is 52.0 Å². The first-order valence-electron chi connectivity index (χ1n) is 9.09. The first-order valence-corrected chi connectivity index (χ1v) is 9.09. The number of nitro groups is 1. The molecule has 1 aliphatic rings. The fourth-order valence-corrected chi connectivity index (χ4v) is 3.25. The molecule has 0 atom stereocenters. The minimum absolute atomic E-state index is 0.0616. The molecule has 0 unspecified atom stereocenters. The lowest BCUT2D eigenvalue weighted by molar-refractivity contribution is -0.384.